The summed E-state index contributed by atoms with van der Waals surface area (Å²) in [6.07, 6.45) is -0.973. The maximum Gasteiger partial charge on any atom is 0.329 e. The van der Waals surface area contributed by atoms with Crippen molar-refractivity contribution < 1.29 is 19.1 Å². The van der Waals surface area contributed by atoms with Gasteiger partial charge in [-0.15, -0.1) is 0 Å². The summed E-state index contributed by atoms with van der Waals surface area (Å²) in [5.41, 5.74) is 3.41. The molecular weight excluding hydrogens is 380 g/mol. The number of carbonyl (C=O) groups is 3. The monoisotopic (exact) mass is 410 g/mol. The van der Waals surface area contributed by atoms with Crippen LogP contribution in [0.2, 0.25) is 0 Å². The van der Waals surface area contributed by atoms with Gasteiger partial charge in [0.15, 0.2) is 6.10 Å². The van der Waals surface area contributed by atoms with Gasteiger partial charge in [-0.1, -0.05) is 61.9 Å². The molecule has 6 heteroatoms. The third-order valence-corrected chi connectivity index (χ3v) is 4.85. The molecule has 2 amide bonds. The fourth-order valence-corrected chi connectivity index (χ4v) is 2.88. The Morgan fingerprint density at radius 2 is 1.57 bits per heavy atom. The zero-order valence-corrected chi connectivity index (χ0v) is 18.2. The fraction of sp³-hybridized carbons (Fsp3) is 0.375. The number of ether oxygens (including phenoxy) is 1. The summed E-state index contributed by atoms with van der Waals surface area (Å²) < 4.78 is 5.34. The first-order chi connectivity index (χ1) is 14.2. The molecule has 2 rings (SSSR count). The predicted octanol–water partition coefficient (Wildman–Crippen LogP) is 3.31. The number of hydrogen-bond donors (Lipinski definition) is 2. The lowest BCUT2D eigenvalue weighted by molar-refractivity contribution is -0.157. The predicted molar refractivity (Wildman–Crippen MR) is 116 cm³/mol. The molecule has 0 aliphatic rings. The van der Waals surface area contributed by atoms with Crippen LogP contribution in [0, 0.1) is 19.8 Å². The highest BCUT2D eigenvalue weighted by atomic mass is 16.5. The molecule has 0 aromatic heterocycles. The molecule has 0 aliphatic heterocycles. The average Bonchev–Trinajstić information content (AvgIpc) is 2.71. The van der Waals surface area contributed by atoms with Crippen LogP contribution in [0.1, 0.15) is 47.8 Å². The summed E-state index contributed by atoms with van der Waals surface area (Å²) in [6, 6.07) is 14.1. The van der Waals surface area contributed by atoms with Crippen LogP contribution in [-0.4, -0.2) is 29.9 Å². The second-order valence-electron chi connectivity index (χ2n) is 7.79. The number of nitrogens with one attached hydrogen (secondary N) is 2. The summed E-state index contributed by atoms with van der Waals surface area (Å²) in [6.45, 7) is 9.31. The van der Waals surface area contributed by atoms with E-state index in [1.807, 2.05) is 64.1 Å². The molecule has 0 radical (unpaired) electrons. The third kappa shape index (κ3) is 6.44. The Kier molecular flexibility index (Phi) is 8.16. The SMILES string of the molecule is Cc1ccc(CNC(=O)[C@@H](C)OC(=O)[C@@H](NC(=O)c2ccccc2C)C(C)C)cc1. The van der Waals surface area contributed by atoms with E-state index in [9.17, 15) is 14.4 Å². The minimum atomic E-state index is -0.973. The van der Waals surface area contributed by atoms with Crippen molar-refractivity contribution in [1.29, 1.82) is 0 Å². The second kappa shape index (κ2) is 10.6. The molecule has 0 heterocycles. The van der Waals surface area contributed by atoms with E-state index in [4.69, 9.17) is 4.74 Å². The van der Waals surface area contributed by atoms with E-state index in [1.165, 1.54) is 6.92 Å². The fourth-order valence-electron chi connectivity index (χ4n) is 2.88. The maximum atomic E-state index is 12.6. The van der Waals surface area contributed by atoms with Crippen LogP contribution in [-0.2, 0) is 20.9 Å². The summed E-state index contributed by atoms with van der Waals surface area (Å²) >= 11 is 0. The van der Waals surface area contributed by atoms with E-state index >= 15 is 0 Å². The van der Waals surface area contributed by atoms with E-state index in [1.54, 1.807) is 12.1 Å². The smallest absolute Gasteiger partial charge is 0.329 e. The Balaban J connectivity index is 1.94. The van der Waals surface area contributed by atoms with Crippen LogP contribution in [0.4, 0.5) is 0 Å². The second-order valence-corrected chi connectivity index (χ2v) is 7.79. The van der Waals surface area contributed by atoms with Crippen molar-refractivity contribution in [1.82, 2.24) is 10.6 Å². The normalized spacial score (nSPS) is 12.7. The van der Waals surface area contributed by atoms with Crippen LogP contribution in [0.5, 0.6) is 0 Å². The van der Waals surface area contributed by atoms with Gasteiger partial charge in [0.05, 0.1) is 0 Å². The van der Waals surface area contributed by atoms with Crippen molar-refractivity contribution in [2.45, 2.75) is 53.3 Å². The molecule has 2 atom stereocenters. The molecule has 0 bridgehead atoms. The Morgan fingerprint density at radius 1 is 0.933 bits per heavy atom. The quantitative estimate of drug-likeness (QED) is 0.654. The number of hydrogen-bond acceptors (Lipinski definition) is 4. The lowest BCUT2D eigenvalue weighted by Gasteiger charge is -2.23. The van der Waals surface area contributed by atoms with Gasteiger partial charge in [0.25, 0.3) is 11.8 Å². The van der Waals surface area contributed by atoms with Crippen LogP contribution in [0.3, 0.4) is 0 Å². The van der Waals surface area contributed by atoms with Gasteiger partial charge in [-0.25, -0.2) is 4.79 Å². The molecule has 6 nitrogen and oxygen atoms in total. The molecule has 2 aromatic rings. The van der Waals surface area contributed by atoms with Gasteiger partial charge in [0.1, 0.15) is 6.04 Å². The molecule has 0 unspecified atom stereocenters. The van der Waals surface area contributed by atoms with Crippen molar-refractivity contribution in [2.75, 3.05) is 0 Å². The molecule has 160 valence electrons. The first kappa shape index (κ1) is 23.1. The summed E-state index contributed by atoms with van der Waals surface area (Å²) in [5.74, 6) is -1.57. The van der Waals surface area contributed by atoms with E-state index in [2.05, 4.69) is 10.6 Å². The standard InChI is InChI=1S/C24H30N2O4/c1-15(2)21(26-23(28)20-9-7-6-8-17(20)4)24(29)30-18(5)22(27)25-14-19-12-10-16(3)11-13-19/h6-13,15,18,21H,14H2,1-5H3,(H,25,27)(H,26,28)/t18-,21+/m1/s1. The van der Waals surface area contributed by atoms with E-state index < -0.39 is 24.0 Å². The lowest BCUT2D eigenvalue weighted by atomic mass is 10.0. The van der Waals surface area contributed by atoms with Gasteiger partial charge >= 0.3 is 5.97 Å². The zero-order valence-electron chi connectivity index (χ0n) is 18.2. The van der Waals surface area contributed by atoms with E-state index in [-0.39, 0.29) is 11.8 Å². The number of carbonyl (C=O) groups excluding carboxylic acids is 3. The van der Waals surface area contributed by atoms with Crippen LogP contribution >= 0.6 is 0 Å². The number of rotatable bonds is 8. The van der Waals surface area contributed by atoms with Crippen molar-refractivity contribution in [3.05, 3.63) is 70.8 Å². The molecule has 0 saturated heterocycles. The van der Waals surface area contributed by atoms with Gasteiger partial charge < -0.3 is 15.4 Å². The van der Waals surface area contributed by atoms with E-state index in [0.717, 1.165) is 16.7 Å². The summed E-state index contributed by atoms with van der Waals surface area (Å²) in [4.78, 5) is 37.6. The molecule has 0 spiro atoms. The summed E-state index contributed by atoms with van der Waals surface area (Å²) in [5, 5.41) is 5.50. The van der Waals surface area contributed by atoms with Gasteiger partial charge in [0.2, 0.25) is 0 Å². The Hall–Kier alpha value is -3.15. The highest BCUT2D eigenvalue weighted by molar-refractivity contribution is 5.98. The number of benzene rings is 2. The van der Waals surface area contributed by atoms with Crippen LogP contribution in [0.15, 0.2) is 48.5 Å². The van der Waals surface area contributed by atoms with Gasteiger partial charge in [-0.3, -0.25) is 9.59 Å². The zero-order chi connectivity index (χ0) is 22.3. The van der Waals surface area contributed by atoms with Gasteiger partial charge in [0, 0.05) is 12.1 Å². The highest BCUT2D eigenvalue weighted by Gasteiger charge is 2.29. The lowest BCUT2D eigenvalue weighted by Crippen LogP contribution is -2.47. The Labute approximate surface area is 178 Å². The van der Waals surface area contributed by atoms with Gasteiger partial charge in [-0.05, 0) is 43.9 Å². The molecule has 2 aromatic carbocycles. The Morgan fingerprint density at radius 3 is 2.17 bits per heavy atom. The number of esters is 1. The van der Waals surface area contributed by atoms with Crippen LogP contribution in [0.25, 0.3) is 0 Å². The first-order valence-corrected chi connectivity index (χ1v) is 10.1. The molecule has 0 fully saturated rings. The average molecular weight is 411 g/mol. The minimum absolute atomic E-state index is 0.201. The topological polar surface area (TPSA) is 84.5 Å². The Bertz CT molecular complexity index is 890. The largest absolute Gasteiger partial charge is 0.451 e. The molecule has 0 aliphatic carbocycles. The molecule has 30 heavy (non-hydrogen) atoms. The molecular formula is C24H30N2O4. The third-order valence-electron chi connectivity index (χ3n) is 4.85. The van der Waals surface area contributed by atoms with Crippen molar-refractivity contribution in [3.63, 3.8) is 0 Å². The number of aryl methyl sites for hydroxylation is 2. The van der Waals surface area contributed by atoms with E-state index in [0.29, 0.717) is 12.1 Å². The van der Waals surface area contributed by atoms with Crippen molar-refractivity contribution in [3.8, 4) is 0 Å². The highest BCUT2D eigenvalue weighted by Crippen LogP contribution is 2.11. The maximum absolute atomic E-state index is 12.6. The van der Waals surface area contributed by atoms with Gasteiger partial charge in [-0.2, -0.15) is 0 Å². The minimum Gasteiger partial charge on any atom is -0.451 e. The number of amides is 2. The summed E-state index contributed by atoms with van der Waals surface area (Å²) in [7, 11) is 0. The van der Waals surface area contributed by atoms with Crippen molar-refractivity contribution in [2.24, 2.45) is 5.92 Å². The first-order valence-electron chi connectivity index (χ1n) is 10.1. The van der Waals surface area contributed by atoms with Crippen LogP contribution < -0.4 is 10.6 Å². The molecule has 0 saturated carbocycles. The van der Waals surface area contributed by atoms with Crippen molar-refractivity contribution >= 4 is 17.8 Å². The molecule has 2 N–H and O–H groups in total.